The third-order valence-corrected chi connectivity index (χ3v) is 7.21. The number of aromatic nitrogens is 3. The number of rotatable bonds is 11. The number of ketones is 1. The van der Waals surface area contributed by atoms with Gasteiger partial charge in [-0.15, -0.1) is 11.3 Å². The fourth-order valence-corrected chi connectivity index (χ4v) is 5.09. The molecule has 0 amide bonds. The molecule has 6 heteroatoms. The molecule has 37 heavy (non-hydrogen) atoms. The van der Waals surface area contributed by atoms with Gasteiger partial charge in [0.1, 0.15) is 0 Å². The van der Waals surface area contributed by atoms with Gasteiger partial charge in [-0.05, 0) is 48.1 Å². The van der Waals surface area contributed by atoms with Gasteiger partial charge in [0.25, 0.3) is 0 Å². The maximum atomic E-state index is 13.0. The Hall–Kier alpha value is -4.03. The molecule has 5 aromatic rings. The molecule has 0 aliphatic heterocycles. The first-order valence-corrected chi connectivity index (χ1v) is 13.6. The summed E-state index contributed by atoms with van der Waals surface area (Å²) in [5.74, 6) is -0.0501. The Balaban J connectivity index is 1.38. The summed E-state index contributed by atoms with van der Waals surface area (Å²) in [6.45, 7) is 3.02. The maximum absolute atomic E-state index is 13.0. The number of carbonyl (C=O) groups is 1. The van der Waals surface area contributed by atoms with Crippen LogP contribution in [0.15, 0.2) is 96.1 Å². The van der Waals surface area contributed by atoms with Crippen molar-refractivity contribution in [1.82, 2.24) is 14.6 Å². The Kier molecular flexibility index (Phi) is 7.87. The summed E-state index contributed by atoms with van der Waals surface area (Å²) in [7, 11) is 0. The molecule has 0 unspecified atom stereocenters. The number of hydrogen-bond donors (Lipinski definition) is 1. The van der Waals surface area contributed by atoms with Crippen molar-refractivity contribution >= 4 is 34.5 Å². The van der Waals surface area contributed by atoms with Crippen molar-refractivity contribution in [3.05, 3.63) is 112 Å². The van der Waals surface area contributed by atoms with Gasteiger partial charge < -0.3 is 5.32 Å². The Morgan fingerprint density at radius 3 is 2.73 bits per heavy atom. The zero-order valence-electron chi connectivity index (χ0n) is 20.9. The summed E-state index contributed by atoms with van der Waals surface area (Å²) >= 11 is 1.43. The number of fused-ring (bicyclic) bond motifs is 1. The smallest absolute Gasteiger partial charge is 0.208 e. The topological polar surface area (TPSA) is 59.3 Å². The van der Waals surface area contributed by atoms with Gasteiger partial charge in [0, 0.05) is 24.0 Å². The minimum Gasteiger partial charge on any atom is -0.381 e. The van der Waals surface area contributed by atoms with Crippen LogP contribution in [0.3, 0.4) is 0 Å². The molecular weight excluding hydrogens is 476 g/mol. The second-order valence-electron chi connectivity index (χ2n) is 9.03. The lowest BCUT2D eigenvalue weighted by atomic mass is 10.0. The molecule has 5 rings (SSSR count). The predicted octanol–water partition coefficient (Wildman–Crippen LogP) is 7.76. The monoisotopic (exact) mass is 506 g/mol. The van der Waals surface area contributed by atoms with E-state index < -0.39 is 0 Å². The van der Waals surface area contributed by atoms with Crippen LogP contribution in [0.25, 0.3) is 23.0 Å². The van der Waals surface area contributed by atoms with Crippen LogP contribution in [0.1, 0.15) is 53.4 Å². The van der Waals surface area contributed by atoms with Crippen LogP contribution < -0.4 is 5.32 Å². The van der Waals surface area contributed by atoms with Gasteiger partial charge in [0.15, 0.2) is 5.65 Å². The molecule has 0 saturated heterocycles. The molecule has 186 valence electrons. The molecule has 0 fully saturated rings. The van der Waals surface area contributed by atoms with Crippen molar-refractivity contribution in [1.29, 1.82) is 0 Å². The van der Waals surface area contributed by atoms with Crippen LogP contribution in [0.4, 0.5) is 5.69 Å². The Morgan fingerprint density at radius 1 is 1.03 bits per heavy atom. The Bertz CT molecular complexity index is 1500. The number of nitrogens with one attached hydrogen (secondary N) is 1. The minimum absolute atomic E-state index is 0.0501. The Morgan fingerprint density at radius 2 is 1.92 bits per heavy atom. The highest BCUT2D eigenvalue weighted by Crippen LogP contribution is 2.26. The average Bonchev–Trinajstić information content (AvgIpc) is 3.63. The molecule has 0 bridgehead atoms. The number of thiophene rings is 1. The van der Waals surface area contributed by atoms with Gasteiger partial charge in [0.2, 0.25) is 5.78 Å². The van der Waals surface area contributed by atoms with Gasteiger partial charge in [-0.3, -0.25) is 4.79 Å². The third-order valence-electron chi connectivity index (χ3n) is 6.34. The van der Waals surface area contributed by atoms with E-state index in [2.05, 4.69) is 76.9 Å². The maximum Gasteiger partial charge on any atom is 0.208 e. The number of nitrogens with zero attached hydrogens (tertiary/aromatic N) is 3. The van der Waals surface area contributed by atoms with E-state index in [9.17, 15) is 4.79 Å². The standard InChI is InChI=1S/C31H30N4OS/c1-2-3-5-12-24(19-23-10-6-4-7-11-23)21-33-26-14-8-13-25(20-26)28-16-17-32-31-27(22-34-35(28)31)30(36)29-15-9-18-37-29/h4,6-11,13-20,22,33H,2-3,5,12,21H2,1H3. The lowest BCUT2D eigenvalue weighted by Crippen LogP contribution is -2.05. The summed E-state index contributed by atoms with van der Waals surface area (Å²) in [6.07, 6.45) is 10.4. The quantitative estimate of drug-likeness (QED) is 0.147. The Labute approximate surface area is 221 Å². The second kappa shape index (κ2) is 11.8. The predicted molar refractivity (Wildman–Crippen MR) is 153 cm³/mol. The van der Waals surface area contributed by atoms with E-state index in [1.54, 1.807) is 16.9 Å². The lowest BCUT2D eigenvalue weighted by molar-refractivity contribution is 0.104. The fraction of sp³-hybridized carbons (Fsp3) is 0.194. The molecule has 2 aromatic carbocycles. The van der Waals surface area contributed by atoms with Crippen molar-refractivity contribution in [2.75, 3.05) is 11.9 Å². The normalized spacial score (nSPS) is 11.6. The van der Waals surface area contributed by atoms with E-state index in [1.807, 2.05) is 29.6 Å². The third kappa shape index (κ3) is 5.87. The van der Waals surface area contributed by atoms with Crippen molar-refractivity contribution in [2.45, 2.75) is 32.6 Å². The molecular formula is C31H30N4OS. The number of unbranched alkanes of at least 4 members (excludes halogenated alkanes) is 2. The highest BCUT2D eigenvalue weighted by atomic mass is 32.1. The van der Waals surface area contributed by atoms with Gasteiger partial charge in [-0.2, -0.15) is 5.10 Å². The number of carbonyl (C=O) groups excluding carboxylic acids is 1. The molecule has 0 atom stereocenters. The van der Waals surface area contributed by atoms with Crippen LogP contribution in [-0.4, -0.2) is 26.9 Å². The largest absolute Gasteiger partial charge is 0.381 e. The molecule has 0 aliphatic rings. The van der Waals surface area contributed by atoms with Crippen molar-refractivity contribution in [2.24, 2.45) is 0 Å². The molecule has 3 aromatic heterocycles. The molecule has 0 saturated carbocycles. The van der Waals surface area contributed by atoms with Crippen LogP contribution in [0.2, 0.25) is 0 Å². The van der Waals surface area contributed by atoms with E-state index in [0.29, 0.717) is 16.1 Å². The first-order chi connectivity index (χ1) is 18.2. The first-order valence-electron chi connectivity index (χ1n) is 12.7. The molecule has 1 N–H and O–H groups in total. The van der Waals surface area contributed by atoms with Crippen molar-refractivity contribution < 1.29 is 4.79 Å². The molecule has 0 radical (unpaired) electrons. The van der Waals surface area contributed by atoms with Crippen LogP contribution in [0.5, 0.6) is 0 Å². The lowest BCUT2D eigenvalue weighted by Gasteiger charge is -2.13. The molecule has 3 heterocycles. The van der Waals surface area contributed by atoms with Gasteiger partial charge >= 0.3 is 0 Å². The van der Waals surface area contributed by atoms with Gasteiger partial charge in [0.05, 0.1) is 22.3 Å². The summed E-state index contributed by atoms with van der Waals surface area (Å²) < 4.78 is 1.76. The fourth-order valence-electron chi connectivity index (χ4n) is 4.41. The molecule has 0 aliphatic carbocycles. The van der Waals surface area contributed by atoms with E-state index in [4.69, 9.17) is 0 Å². The van der Waals surface area contributed by atoms with E-state index >= 15 is 0 Å². The van der Waals surface area contributed by atoms with E-state index in [-0.39, 0.29) is 5.78 Å². The molecule has 5 nitrogen and oxygen atoms in total. The highest BCUT2D eigenvalue weighted by molar-refractivity contribution is 7.12. The summed E-state index contributed by atoms with van der Waals surface area (Å²) in [4.78, 5) is 18.1. The minimum atomic E-state index is -0.0501. The van der Waals surface area contributed by atoms with Crippen molar-refractivity contribution in [3.63, 3.8) is 0 Å². The summed E-state index contributed by atoms with van der Waals surface area (Å²) in [6, 6.07) is 24.5. The van der Waals surface area contributed by atoms with Gasteiger partial charge in [-0.1, -0.05) is 79.9 Å². The van der Waals surface area contributed by atoms with E-state index in [0.717, 1.165) is 29.9 Å². The van der Waals surface area contributed by atoms with Crippen LogP contribution in [0, 0.1) is 0 Å². The van der Waals surface area contributed by atoms with Crippen molar-refractivity contribution in [3.8, 4) is 11.3 Å². The summed E-state index contributed by atoms with van der Waals surface area (Å²) in [5, 5.41) is 10.1. The zero-order chi connectivity index (χ0) is 25.5. The van der Waals surface area contributed by atoms with E-state index in [1.165, 1.54) is 41.7 Å². The summed E-state index contributed by atoms with van der Waals surface area (Å²) in [5.41, 5.74) is 6.64. The molecule has 0 spiro atoms. The zero-order valence-corrected chi connectivity index (χ0v) is 21.7. The SMILES string of the molecule is CCCCCC(=Cc1ccccc1)CNc1cccc(-c2ccnc3c(C(=O)c4cccs4)cnn23)c1. The highest BCUT2D eigenvalue weighted by Gasteiger charge is 2.18. The average molecular weight is 507 g/mol. The number of benzene rings is 2. The van der Waals surface area contributed by atoms with Crippen LogP contribution >= 0.6 is 11.3 Å². The number of hydrogen-bond acceptors (Lipinski definition) is 5. The van der Waals surface area contributed by atoms with Crippen LogP contribution in [-0.2, 0) is 0 Å². The van der Waals surface area contributed by atoms with Gasteiger partial charge in [-0.25, -0.2) is 9.50 Å². The number of anilines is 1. The first kappa shape index (κ1) is 24.7. The second-order valence-corrected chi connectivity index (χ2v) is 9.98.